The van der Waals surface area contributed by atoms with Crippen molar-refractivity contribution in [3.05, 3.63) is 29.8 Å². The van der Waals surface area contributed by atoms with Crippen LogP contribution >= 0.6 is 0 Å². The predicted octanol–water partition coefficient (Wildman–Crippen LogP) is 4.37. The van der Waals surface area contributed by atoms with Crippen LogP contribution in [0.2, 0.25) is 0 Å². The van der Waals surface area contributed by atoms with E-state index in [1.165, 1.54) is 19.3 Å². The van der Waals surface area contributed by atoms with Crippen molar-refractivity contribution >= 4 is 11.8 Å². The summed E-state index contributed by atoms with van der Waals surface area (Å²) in [4.78, 5) is 30.9. The van der Waals surface area contributed by atoms with E-state index in [4.69, 9.17) is 4.74 Å². The first kappa shape index (κ1) is 20.8. The van der Waals surface area contributed by atoms with Crippen molar-refractivity contribution in [1.82, 2.24) is 9.80 Å². The molecule has 0 N–H and O–H groups in total. The molecule has 0 radical (unpaired) electrons. The summed E-state index contributed by atoms with van der Waals surface area (Å²) in [6.45, 7) is 9.78. The molecule has 2 amide bonds. The first-order chi connectivity index (χ1) is 14.7. The largest absolute Gasteiger partial charge is 0.493 e. The third-order valence-electron chi connectivity index (χ3n) is 8.35. The van der Waals surface area contributed by atoms with Crippen molar-refractivity contribution in [2.45, 2.75) is 59.3 Å². The van der Waals surface area contributed by atoms with Crippen LogP contribution in [0.1, 0.15) is 69.7 Å². The molecule has 1 aliphatic heterocycles. The van der Waals surface area contributed by atoms with Gasteiger partial charge in [0, 0.05) is 26.2 Å². The molecule has 4 bridgehead atoms. The van der Waals surface area contributed by atoms with Gasteiger partial charge in [-0.1, -0.05) is 26.0 Å². The number of hydrogen-bond acceptors (Lipinski definition) is 3. The van der Waals surface area contributed by atoms with E-state index in [0.717, 1.165) is 19.3 Å². The summed E-state index contributed by atoms with van der Waals surface area (Å²) in [5.74, 6) is 1.73. The van der Waals surface area contributed by atoms with Gasteiger partial charge in [0.1, 0.15) is 5.75 Å². The normalized spacial score (nSPS) is 36.5. The zero-order chi connectivity index (χ0) is 21.9. The Morgan fingerprint density at radius 2 is 1.55 bits per heavy atom. The van der Waals surface area contributed by atoms with E-state index in [1.54, 1.807) is 0 Å². The summed E-state index contributed by atoms with van der Waals surface area (Å²) in [5.41, 5.74) is 1.14. The minimum absolute atomic E-state index is 0.00553. The van der Waals surface area contributed by atoms with Crippen molar-refractivity contribution in [3.8, 4) is 5.75 Å². The van der Waals surface area contributed by atoms with Crippen molar-refractivity contribution < 1.29 is 14.3 Å². The van der Waals surface area contributed by atoms with E-state index in [2.05, 4.69) is 18.7 Å². The van der Waals surface area contributed by atoms with Gasteiger partial charge in [0.2, 0.25) is 5.91 Å². The number of amides is 2. The van der Waals surface area contributed by atoms with Gasteiger partial charge in [0.15, 0.2) is 0 Å². The van der Waals surface area contributed by atoms with Gasteiger partial charge in [-0.05, 0) is 74.3 Å². The molecule has 6 rings (SSSR count). The Bertz CT molecular complexity index is 870. The van der Waals surface area contributed by atoms with Gasteiger partial charge in [-0.15, -0.1) is 0 Å². The number of hydrogen-bond donors (Lipinski definition) is 0. The van der Waals surface area contributed by atoms with Crippen LogP contribution in [0.4, 0.5) is 0 Å². The lowest BCUT2D eigenvalue weighted by Crippen LogP contribution is -2.62. The number of carbonyl (C=O) groups is 2. The Kier molecular flexibility index (Phi) is 4.87. The fraction of sp³-hybridized carbons (Fsp3) is 0.692. The maximum atomic E-state index is 13.8. The molecule has 5 aliphatic rings. The fourth-order valence-corrected chi connectivity index (χ4v) is 8.23. The second-order valence-electron chi connectivity index (χ2n) is 11.4. The molecule has 5 fully saturated rings. The molecular weight excluding hydrogens is 388 g/mol. The molecule has 2 atom stereocenters. The highest BCUT2D eigenvalue weighted by atomic mass is 16.5. The lowest BCUT2D eigenvalue weighted by molar-refractivity contribution is -0.180. The molecule has 31 heavy (non-hydrogen) atoms. The van der Waals surface area contributed by atoms with Crippen molar-refractivity contribution in [3.63, 3.8) is 0 Å². The first-order valence-corrected chi connectivity index (χ1v) is 12.1. The molecule has 0 aromatic heterocycles. The molecule has 1 saturated heterocycles. The van der Waals surface area contributed by atoms with Gasteiger partial charge < -0.3 is 14.5 Å². The molecule has 0 spiro atoms. The second kappa shape index (κ2) is 7.25. The molecule has 4 saturated carbocycles. The SMILES string of the molecule is CCOc1ccccc1C(=O)N1CCN(C(=O)C23CC4CC(C)(CC(C)(C4)C2)C3)CC1. The first-order valence-electron chi connectivity index (χ1n) is 12.1. The number of para-hydroxylation sites is 1. The Hall–Kier alpha value is -2.04. The van der Waals surface area contributed by atoms with Crippen LogP contribution in [0.5, 0.6) is 5.75 Å². The fourth-order valence-electron chi connectivity index (χ4n) is 8.23. The Balaban J connectivity index is 1.27. The van der Waals surface area contributed by atoms with Gasteiger partial charge in [-0.3, -0.25) is 9.59 Å². The topological polar surface area (TPSA) is 49.9 Å². The van der Waals surface area contributed by atoms with Crippen LogP contribution in [0.15, 0.2) is 24.3 Å². The summed E-state index contributed by atoms with van der Waals surface area (Å²) in [6, 6.07) is 7.46. The molecule has 1 aromatic carbocycles. The van der Waals surface area contributed by atoms with E-state index in [0.29, 0.717) is 66.8 Å². The van der Waals surface area contributed by atoms with Gasteiger partial charge in [0.05, 0.1) is 17.6 Å². The number of benzene rings is 1. The van der Waals surface area contributed by atoms with Crippen molar-refractivity contribution in [2.24, 2.45) is 22.2 Å². The molecule has 5 nitrogen and oxygen atoms in total. The average Bonchev–Trinajstić information content (AvgIpc) is 2.71. The molecule has 168 valence electrons. The highest BCUT2D eigenvalue weighted by molar-refractivity contribution is 5.97. The van der Waals surface area contributed by atoms with Gasteiger partial charge in [-0.25, -0.2) is 0 Å². The summed E-state index contributed by atoms with van der Waals surface area (Å²) < 4.78 is 5.65. The highest BCUT2D eigenvalue weighted by Gasteiger charge is 2.63. The Morgan fingerprint density at radius 3 is 2.16 bits per heavy atom. The molecule has 1 aromatic rings. The van der Waals surface area contributed by atoms with Gasteiger partial charge in [-0.2, -0.15) is 0 Å². The maximum absolute atomic E-state index is 13.8. The molecule has 5 heteroatoms. The molecule has 2 unspecified atom stereocenters. The average molecular weight is 425 g/mol. The third-order valence-corrected chi connectivity index (χ3v) is 8.35. The predicted molar refractivity (Wildman–Crippen MR) is 120 cm³/mol. The zero-order valence-electron chi connectivity index (χ0n) is 19.3. The summed E-state index contributed by atoms with van der Waals surface area (Å²) in [5, 5.41) is 0. The third kappa shape index (κ3) is 3.54. The van der Waals surface area contributed by atoms with Crippen molar-refractivity contribution in [2.75, 3.05) is 32.8 Å². The minimum atomic E-state index is -0.156. The number of carbonyl (C=O) groups excluding carboxylic acids is 2. The summed E-state index contributed by atoms with van der Waals surface area (Å²) in [7, 11) is 0. The standard InChI is InChI=1S/C26H36N2O3/c1-4-31-21-8-6-5-7-20(21)22(29)27-9-11-28(12-10-27)23(30)26-15-19-13-24(2,17-26)16-25(3,14-19)18-26/h5-8,19H,4,9-18H2,1-3H3. The number of nitrogens with zero attached hydrogens (tertiary/aromatic N) is 2. The zero-order valence-corrected chi connectivity index (χ0v) is 19.3. The Labute approximate surface area is 186 Å². The number of rotatable bonds is 4. The van der Waals surface area contributed by atoms with Crippen LogP contribution in [0.25, 0.3) is 0 Å². The number of piperazine rings is 1. The van der Waals surface area contributed by atoms with E-state index in [-0.39, 0.29) is 11.3 Å². The minimum Gasteiger partial charge on any atom is -0.493 e. The van der Waals surface area contributed by atoms with Crippen LogP contribution in [-0.2, 0) is 4.79 Å². The van der Waals surface area contributed by atoms with Crippen LogP contribution in [0.3, 0.4) is 0 Å². The lowest BCUT2D eigenvalue weighted by atomic mass is 9.40. The molecule has 1 heterocycles. The lowest BCUT2D eigenvalue weighted by Gasteiger charge is -2.65. The van der Waals surface area contributed by atoms with Gasteiger partial charge in [0.25, 0.3) is 5.91 Å². The maximum Gasteiger partial charge on any atom is 0.257 e. The highest BCUT2D eigenvalue weighted by Crippen LogP contribution is 2.69. The number of ether oxygens (including phenoxy) is 1. The van der Waals surface area contributed by atoms with Crippen molar-refractivity contribution in [1.29, 1.82) is 0 Å². The van der Waals surface area contributed by atoms with Gasteiger partial charge >= 0.3 is 0 Å². The quantitative estimate of drug-likeness (QED) is 0.721. The van der Waals surface area contributed by atoms with E-state index >= 15 is 0 Å². The Morgan fingerprint density at radius 1 is 0.935 bits per heavy atom. The van der Waals surface area contributed by atoms with Crippen LogP contribution < -0.4 is 4.74 Å². The van der Waals surface area contributed by atoms with E-state index < -0.39 is 0 Å². The van der Waals surface area contributed by atoms with E-state index in [1.807, 2.05) is 36.1 Å². The molecular formula is C26H36N2O3. The second-order valence-corrected chi connectivity index (χ2v) is 11.4. The smallest absolute Gasteiger partial charge is 0.257 e. The monoisotopic (exact) mass is 424 g/mol. The summed E-state index contributed by atoms with van der Waals surface area (Å²) >= 11 is 0. The van der Waals surface area contributed by atoms with Crippen LogP contribution in [0, 0.1) is 22.2 Å². The van der Waals surface area contributed by atoms with Crippen LogP contribution in [-0.4, -0.2) is 54.4 Å². The summed E-state index contributed by atoms with van der Waals surface area (Å²) in [6.07, 6.45) is 7.10. The molecule has 4 aliphatic carbocycles. The van der Waals surface area contributed by atoms with E-state index in [9.17, 15) is 9.59 Å².